The smallest absolute Gasteiger partial charge is 0.317 e. The Hall–Kier alpha value is -2.90. The van der Waals surface area contributed by atoms with Crippen LogP contribution < -0.4 is 5.32 Å². The molecular weight excluding hydrogens is 416 g/mol. The van der Waals surface area contributed by atoms with Gasteiger partial charge in [0.1, 0.15) is 0 Å². The predicted molar refractivity (Wildman–Crippen MR) is 128 cm³/mol. The van der Waals surface area contributed by atoms with Crippen molar-refractivity contribution in [3.63, 3.8) is 0 Å². The quantitative estimate of drug-likeness (QED) is 0.761. The summed E-state index contributed by atoms with van der Waals surface area (Å²) in [5, 5.41) is 3.01. The molecule has 0 spiro atoms. The van der Waals surface area contributed by atoms with Gasteiger partial charge in [-0.25, -0.2) is 4.79 Å². The molecule has 33 heavy (non-hydrogen) atoms. The monoisotopic (exact) mass is 450 g/mol. The average molecular weight is 451 g/mol. The van der Waals surface area contributed by atoms with E-state index in [-0.39, 0.29) is 18.0 Å². The van der Waals surface area contributed by atoms with Crippen LogP contribution in [0.25, 0.3) is 0 Å². The number of ether oxygens (including phenoxy) is 1. The van der Waals surface area contributed by atoms with E-state index in [1.54, 1.807) is 0 Å². The van der Waals surface area contributed by atoms with Crippen molar-refractivity contribution in [3.8, 4) is 0 Å². The normalized spacial score (nSPS) is 19.7. The number of rotatable bonds is 5. The molecule has 0 aromatic heterocycles. The summed E-state index contributed by atoms with van der Waals surface area (Å²) in [7, 11) is 0. The highest BCUT2D eigenvalue weighted by atomic mass is 16.5. The Morgan fingerprint density at radius 2 is 1.73 bits per heavy atom. The molecule has 2 aliphatic rings. The number of carbonyl (C=O) groups excluding carboxylic acids is 2. The van der Waals surface area contributed by atoms with Crippen molar-refractivity contribution in [2.24, 2.45) is 0 Å². The number of hydrogen-bond donors (Lipinski definition) is 1. The number of morpholine rings is 1. The Morgan fingerprint density at radius 1 is 0.939 bits per heavy atom. The maximum Gasteiger partial charge on any atom is 0.317 e. The van der Waals surface area contributed by atoms with Crippen molar-refractivity contribution < 1.29 is 14.3 Å². The summed E-state index contributed by atoms with van der Waals surface area (Å²) in [4.78, 5) is 31.7. The fraction of sp³-hybridized carbons (Fsp3) is 0.462. The van der Waals surface area contributed by atoms with Gasteiger partial charge in [0.25, 0.3) is 5.91 Å². The molecule has 3 amide bonds. The molecule has 0 aliphatic carbocycles. The summed E-state index contributed by atoms with van der Waals surface area (Å²) in [6.45, 7) is 8.29. The van der Waals surface area contributed by atoms with Gasteiger partial charge in [-0.2, -0.15) is 0 Å². The predicted octanol–water partition coefficient (Wildman–Crippen LogP) is 2.75. The van der Waals surface area contributed by atoms with Crippen LogP contribution >= 0.6 is 0 Å². The van der Waals surface area contributed by atoms with E-state index >= 15 is 0 Å². The minimum absolute atomic E-state index is 0.0134. The summed E-state index contributed by atoms with van der Waals surface area (Å²) >= 11 is 0. The number of nitrogens with zero attached hydrogens (tertiary/aromatic N) is 3. The Balaban J connectivity index is 1.24. The molecule has 4 rings (SSSR count). The zero-order chi connectivity index (χ0) is 23.0. The lowest BCUT2D eigenvalue weighted by molar-refractivity contribution is -0.0299. The van der Waals surface area contributed by atoms with Crippen molar-refractivity contribution >= 4 is 11.9 Å². The molecule has 1 N–H and O–H groups in total. The van der Waals surface area contributed by atoms with Crippen LogP contribution in [0.1, 0.15) is 27.9 Å². The van der Waals surface area contributed by atoms with Gasteiger partial charge in [-0.1, -0.05) is 48.0 Å². The molecule has 2 saturated heterocycles. The molecule has 2 heterocycles. The maximum absolute atomic E-state index is 12.9. The van der Waals surface area contributed by atoms with Gasteiger partial charge in [0.05, 0.1) is 12.7 Å². The third-order valence-corrected chi connectivity index (χ3v) is 6.35. The number of carbonyl (C=O) groups is 2. The van der Waals surface area contributed by atoms with Gasteiger partial charge >= 0.3 is 6.03 Å². The number of urea groups is 1. The highest BCUT2D eigenvalue weighted by Crippen LogP contribution is 2.13. The first-order valence-corrected chi connectivity index (χ1v) is 11.8. The summed E-state index contributed by atoms with van der Waals surface area (Å²) in [6, 6.07) is 17.7. The van der Waals surface area contributed by atoms with Gasteiger partial charge in [-0.3, -0.25) is 9.69 Å². The van der Waals surface area contributed by atoms with Crippen LogP contribution in [0.4, 0.5) is 4.79 Å². The van der Waals surface area contributed by atoms with Crippen LogP contribution in [0, 0.1) is 6.92 Å². The third kappa shape index (κ3) is 6.55. The standard InChI is InChI=1S/C26H34N4O3/c1-21-8-10-23(11-9-21)25(31)29-13-5-12-28(14-15-29)19-24-20-30(16-17-33-24)26(32)27-18-22-6-3-2-4-7-22/h2-4,6-11,24H,5,12-20H2,1H3,(H,27,32). The molecule has 176 valence electrons. The number of hydrogen-bond acceptors (Lipinski definition) is 4. The molecule has 2 aromatic rings. The van der Waals surface area contributed by atoms with Crippen LogP contribution in [-0.4, -0.2) is 85.2 Å². The molecule has 2 aromatic carbocycles. The van der Waals surface area contributed by atoms with E-state index in [1.165, 1.54) is 0 Å². The molecule has 1 atom stereocenters. The van der Waals surface area contributed by atoms with Crippen molar-refractivity contribution in [1.29, 1.82) is 0 Å². The Bertz CT molecular complexity index is 919. The van der Waals surface area contributed by atoms with Crippen molar-refractivity contribution in [1.82, 2.24) is 20.0 Å². The molecular formula is C26H34N4O3. The van der Waals surface area contributed by atoms with Crippen LogP contribution in [0.2, 0.25) is 0 Å². The van der Waals surface area contributed by atoms with Crippen molar-refractivity contribution in [3.05, 3.63) is 71.3 Å². The molecule has 1 unspecified atom stereocenters. The molecule has 7 nitrogen and oxygen atoms in total. The second kappa shape index (κ2) is 11.3. The molecule has 0 radical (unpaired) electrons. The Labute approximate surface area is 196 Å². The van der Waals surface area contributed by atoms with E-state index in [2.05, 4.69) is 10.2 Å². The zero-order valence-corrected chi connectivity index (χ0v) is 19.4. The van der Waals surface area contributed by atoms with Gasteiger partial charge in [-0.05, 0) is 37.6 Å². The van der Waals surface area contributed by atoms with Crippen LogP contribution in [0.15, 0.2) is 54.6 Å². The van der Waals surface area contributed by atoms with E-state index in [4.69, 9.17) is 4.74 Å². The average Bonchev–Trinajstić information content (AvgIpc) is 3.09. The summed E-state index contributed by atoms with van der Waals surface area (Å²) in [5.41, 5.74) is 3.00. The first-order chi connectivity index (χ1) is 16.1. The second-order valence-electron chi connectivity index (χ2n) is 8.90. The minimum Gasteiger partial charge on any atom is -0.373 e. The number of benzene rings is 2. The lowest BCUT2D eigenvalue weighted by atomic mass is 10.1. The van der Waals surface area contributed by atoms with Crippen LogP contribution in [0.3, 0.4) is 0 Å². The van der Waals surface area contributed by atoms with Gasteiger partial charge in [0.15, 0.2) is 0 Å². The Kier molecular flexibility index (Phi) is 7.96. The summed E-state index contributed by atoms with van der Waals surface area (Å²) in [6.07, 6.45) is 0.923. The first kappa shape index (κ1) is 23.3. The zero-order valence-electron chi connectivity index (χ0n) is 19.4. The van der Waals surface area contributed by atoms with E-state index in [9.17, 15) is 9.59 Å². The van der Waals surface area contributed by atoms with Gasteiger partial charge in [-0.15, -0.1) is 0 Å². The van der Waals surface area contributed by atoms with Crippen molar-refractivity contribution in [2.45, 2.75) is 26.0 Å². The summed E-state index contributed by atoms with van der Waals surface area (Å²) < 4.78 is 5.98. The van der Waals surface area contributed by atoms with E-state index < -0.39 is 0 Å². The third-order valence-electron chi connectivity index (χ3n) is 6.35. The largest absolute Gasteiger partial charge is 0.373 e. The van der Waals surface area contributed by atoms with E-state index in [0.29, 0.717) is 32.8 Å². The SMILES string of the molecule is Cc1ccc(C(=O)N2CCCN(CC3CN(C(=O)NCc4ccccc4)CCO3)CC2)cc1. The molecule has 0 saturated carbocycles. The minimum atomic E-state index is -0.0436. The lowest BCUT2D eigenvalue weighted by Crippen LogP contribution is -2.52. The maximum atomic E-state index is 12.9. The molecule has 0 bridgehead atoms. The van der Waals surface area contributed by atoms with Crippen LogP contribution in [0.5, 0.6) is 0 Å². The summed E-state index contributed by atoms with van der Waals surface area (Å²) in [5.74, 6) is 0.104. The number of aryl methyl sites for hydroxylation is 1. The van der Waals surface area contributed by atoms with E-state index in [0.717, 1.165) is 49.3 Å². The lowest BCUT2D eigenvalue weighted by Gasteiger charge is -2.35. The van der Waals surface area contributed by atoms with Gasteiger partial charge in [0.2, 0.25) is 0 Å². The molecule has 7 heteroatoms. The van der Waals surface area contributed by atoms with Crippen LogP contribution in [-0.2, 0) is 11.3 Å². The van der Waals surface area contributed by atoms with Gasteiger partial charge < -0.3 is 19.9 Å². The number of amides is 3. The first-order valence-electron chi connectivity index (χ1n) is 11.8. The highest BCUT2D eigenvalue weighted by molar-refractivity contribution is 5.94. The van der Waals surface area contributed by atoms with E-state index in [1.807, 2.05) is 71.3 Å². The fourth-order valence-corrected chi connectivity index (χ4v) is 4.42. The van der Waals surface area contributed by atoms with Crippen molar-refractivity contribution in [2.75, 3.05) is 52.4 Å². The highest BCUT2D eigenvalue weighted by Gasteiger charge is 2.27. The number of nitrogens with one attached hydrogen (secondary N) is 1. The molecule has 2 fully saturated rings. The van der Waals surface area contributed by atoms with Gasteiger partial charge in [0, 0.05) is 51.4 Å². The molecule has 2 aliphatic heterocycles. The topological polar surface area (TPSA) is 65.1 Å². The fourth-order valence-electron chi connectivity index (χ4n) is 4.42. The Morgan fingerprint density at radius 3 is 2.52 bits per heavy atom. The second-order valence-corrected chi connectivity index (χ2v) is 8.90.